The van der Waals surface area contributed by atoms with E-state index < -0.39 is 0 Å². The van der Waals surface area contributed by atoms with Crippen LogP contribution in [0.5, 0.6) is 5.75 Å². The highest BCUT2D eigenvalue weighted by Crippen LogP contribution is 2.55. The molecule has 3 nitrogen and oxygen atoms in total. The van der Waals surface area contributed by atoms with Crippen molar-refractivity contribution in [2.75, 3.05) is 7.11 Å². The fraction of sp³-hybridized carbons (Fsp3) is 0.650. The van der Waals surface area contributed by atoms with Gasteiger partial charge in [-0.2, -0.15) is 0 Å². The van der Waals surface area contributed by atoms with Crippen LogP contribution >= 0.6 is 0 Å². The lowest BCUT2D eigenvalue weighted by atomic mass is 9.53. The van der Waals surface area contributed by atoms with Gasteiger partial charge in [0.1, 0.15) is 5.75 Å². The number of hydrogen-bond acceptors (Lipinski definition) is 2. The zero-order valence-corrected chi connectivity index (χ0v) is 14.2. The Balaban J connectivity index is 1.43. The Kier molecular flexibility index (Phi) is 3.62. The summed E-state index contributed by atoms with van der Waals surface area (Å²) >= 11 is 0. The van der Waals surface area contributed by atoms with E-state index in [4.69, 9.17) is 4.74 Å². The van der Waals surface area contributed by atoms with E-state index in [2.05, 4.69) is 11.4 Å². The summed E-state index contributed by atoms with van der Waals surface area (Å²) < 4.78 is 5.30. The van der Waals surface area contributed by atoms with Crippen molar-refractivity contribution in [2.24, 2.45) is 17.8 Å². The van der Waals surface area contributed by atoms with E-state index in [-0.39, 0.29) is 11.4 Å². The molecule has 1 aromatic rings. The average molecular weight is 313 g/mol. The number of carbonyl (C=O) groups excluding carboxylic acids is 1. The predicted octanol–water partition coefficient (Wildman–Crippen LogP) is 3.63. The molecule has 0 radical (unpaired) electrons. The van der Waals surface area contributed by atoms with E-state index in [1.54, 1.807) is 7.11 Å². The third kappa shape index (κ3) is 2.86. The molecule has 4 bridgehead atoms. The molecule has 1 N–H and O–H groups in total. The molecular formula is C20H27NO2. The third-order valence-corrected chi connectivity index (χ3v) is 6.27. The number of hydrogen-bond donors (Lipinski definition) is 1. The Morgan fingerprint density at radius 3 is 2.30 bits per heavy atom. The fourth-order valence-corrected chi connectivity index (χ4v) is 5.84. The van der Waals surface area contributed by atoms with Crippen molar-refractivity contribution in [3.05, 3.63) is 29.3 Å². The van der Waals surface area contributed by atoms with Crippen LogP contribution in [0.15, 0.2) is 18.2 Å². The van der Waals surface area contributed by atoms with Gasteiger partial charge in [-0.3, -0.25) is 4.79 Å². The number of ether oxygens (including phenoxy) is 1. The van der Waals surface area contributed by atoms with Gasteiger partial charge in [0.05, 0.1) is 13.5 Å². The number of amides is 1. The monoisotopic (exact) mass is 313 g/mol. The van der Waals surface area contributed by atoms with E-state index in [1.807, 2.05) is 19.1 Å². The van der Waals surface area contributed by atoms with Crippen molar-refractivity contribution in [1.82, 2.24) is 5.32 Å². The summed E-state index contributed by atoms with van der Waals surface area (Å²) in [7, 11) is 1.68. The maximum Gasteiger partial charge on any atom is 0.224 e. The quantitative estimate of drug-likeness (QED) is 0.922. The van der Waals surface area contributed by atoms with Crippen molar-refractivity contribution in [3.8, 4) is 5.75 Å². The van der Waals surface area contributed by atoms with Gasteiger partial charge in [0.2, 0.25) is 5.91 Å². The first kappa shape index (κ1) is 15.0. The highest BCUT2D eigenvalue weighted by molar-refractivity contribution is 5.79. The summed E-state index contributed by atoms with van der Waals surface area (Å²) in [4.78, 5) is 12.6. The van der Waals surface area contributed by atoms with Crippen LogP contribution in [0.4, 0.5) is 0 Å². The van der Waals surface area contributed by atoms with Gasteiger partial charge in [0.25, 0.3) is 0 Å². The molecule has 4 aliphatic carbocycles. The molecule has 23 heavy (non-hydrogen) atoms. The van der Waals surface area contributed by atoms with Gasteiger partial charge in [-0.05, 0) is 80.4 Å². The van der Waals surface area contributed by atoms with E-state index in [9.17, 15) is 4.79 Å². The Morgan fingerprint density at radius 1 is 1.17 bits per heavy atom. The first-order valence-corrected chi connectivity index (χ1v) is 9.00. The van der Waals surface area contributed by atoms with E-state index in [0.29, 0.717) is 6.42 Å². The summed E-state index contributed by atoms with van der Waals surface area (Å²) in [6, 6.07) is 6.03. The molecule has 4 fully saturated rings. The van der Waals surface area contributed by atoms with Gasteiger partial charge < -0.3 is 10.1 Å². The molecule has 4 aliphatic rings. The largest absolute Gasteiger partial charge is 0.496 e. The van der Waals surface area contributed by atoms with Crippen molar-refractivity contribution in [3.63, 3.8) is 0 Å². The van der Waals surface area contributed by atoms with E-state index in [0.717, 1.165) is 34.6 Å². The van der Waals surface area contributed by atoms with Crippen LogP contribution in [0.3, 0.4) is 0 Å². The van der Waals surface area contributed by atoms with Crippen molar-refractivity contribution in [2.45, 2.75) is 57.4 Å². The highest BCUT2D eigenvalue weighted by atomic mass is 16.5. The summed E-state index contributed by atoms with van der Waals surface area (Å²) in [6.07, 6.45) is 8.35. The minimum Gasteiger partial charge on any atom is -0.496 e. The first-order valence-electron chi connectivity index (χ1n) is 9.00. The molecule has 5 rings (SSSR count). The molecule has 0 atom stereocenters. The lowest BCUT2D eigenvalue weighted by molar-refractivity contribution is -0.126. The standard InChI is InChI=1S/C20H27NO2/c1-13-5-14(3-4-18(13)23-2)9-19(22)21-20-10-15-6-16(11-20)8-17(7-15)12-20/h3-5,15-17H,6-12H2,1-2H3,(H,21,22). The van der Waals surface area contributed by atoms with Crippen molar-refractivity contribution >= 4 is 5.91 Å². The normalized spacial score (nSPS) is 34.4. The van der Waals surface area contributed by atoms with E-state index >= 15 is 0 Å². The van der Waals surface area contributed by atoms with Crippen molar-refractivity contribution in [1.29, 1.82) is 0 Å². The van der Waals surface area contributed by atoms with Crippen LogP contribution in [-0.2, 0) is 11.2 Å². The zero-order valence-electron chi connectivity index (χ0n) is 14.2. The van der Waals surface area contributed by atoms with Crippen LogP contribution < -0.4 is 10.1 Å². The number of methoxy groups -OCH3 is 1. The Hall–Kier alpha value is -1.51. The Bertz CT molecular complexity index is 587. The molecule has 4 saturated carbocycles. The van der Waals surface area contributed by atoms with Crippen molar-refractivity contribution < 1.29 is 9.53 Å². The smallest absolute Gasteiger partial charge is 0.224 e. The number of aryl methyl sites for hydroxylation is 1. The average Bonchev–Trinajstić information content (AvgIpc) is 2.45. The second-order valence-electron chi connectivity index (χ2n) is 8.23. The summed E-state index contributed by atoms with van der Waals surface area (Å²) in [5.74, 6) is 3.67. The summed E-state index contributed by atoms with van der Waals surface area (Å²) in [6.45, 7) is 2.03. The third-order valence-electron chi connectivity index (χ3n) is 6.27. The van der Waals surface area contributed by atoms with Gasteiger partial charge in [-0.15, -0.1) is 0 Å². The van der Waals surface area contributed by atoms with Gasteiger partial charge in [-0.25, -0.2) is 0 Å². The fourth-order valence-electron chi connectivity index (χ4n) is 5.84. The molecule has 0 aromatic heterocycles. The van der Waals surface area contributed by atoms with Gasteiger partial charge in [0, 0.05) is 5.54 Å². The maximum atomic E-state index is 12.6. The number of rotatable bonds is 4. The molecule has 0 unspecified atom stereocenters. The number of carbonyl (C=O) groups is 1. The Morgan fingerprint density at radius 2 is 1.78 bits per heavy atom. The molecule has 124 valence electrons. The molecule has 3 heteroatoms. The minimum absolute atomic E-state index is 0.118. The molecule has 1 amide bonds. The predicted molar refractivity (Wildman–Crippen MR) is 90.5 cm³/mol. The number of benzene rings is 1. The van der Waals surface area contributed by atoms with Crippen LogP contribution in [-0.4, -0.2) is 18.6 Å². The lowest BCUT2D eigenvalue weighted by Crippen LogP contribution is -2.60. The van der Waals surface area contributed by atoms with Crippen LogP contribution in [0.25, 0.3) is 0 Å². The second kappa shape index (κ2) is 5.54. The van der Waals surface area contributed by atoms with Crippen LogP contribution in [0.1, 0.15) is 49.7 Å². The topological polar surface area (TPSA) is 38.3 Å². The van der Waals surface area contributed by atoms with Crippen LogP contribution in [0, 0.1) is 24.7 Å². The summed E-state index contributed by atoms with van der Waals surface area (Å²) in [5, 5.41) is 3.45. The Labute approximate surface area is 138 Å². The van der Waals surface area contributed by atoms with Gasteiger partial charge in [0.15, 0.2) is 0 Å². The first-order chi connectivity index (χ1) is 11.0. The molecule has 1 aromatic carbocycles. The molecular weight excluding hydrogens is 286 g/mol. The highest BCUT2D eigenvalue weighted by Gasteiger charge is 2.51. The van der Waals surface area contributed by atoms with Gasteiger partial charge >= 0.3 is 0 Å². The maximum absolute atomic E-state index is 12.6. The molecule has 0 spiro atoms. The second-order valence-corrected chi connectivity index (χ2v) is 8.23. The van der Waals surface area contributed by atoms with Crippen LogP contribution in [0.2, 0.25) is 0 Å². The lowest BCUT2D eigenvalue weighted by Gasteiger charge is -2.56. The van der Waals surface area contributed by atoms with E-state index in [1.165, 1.54) is 38.5 Å². The van der Waals surface area contributed by atoms with Gasteiger partial charge in [-0.1, -0.05) is 12.1 Å². The zero-order chi connectivity index (χ0) is 16.0. The SMILES string of the molecule is COc1ccc(CC(=O)NC23CC4CC(CC(C4)C2)C3)cc1C. The number of nitrogens with one attached hydrogen (secondary N) is 1. The molecule has 0 aliphatic heterocycles. The molecule has 0 saturated heterocycles. The minimum atomic E-state index is 0.118. The molecule has 0 heterocycles. The summed E-state index contributed by atoms with van der Waals surface area (Å²) in [5.41, 5.74) is 2.28.